The highest BCUT2D eigenvalue weighted by atomic mass is 32.2. The number of thioether (sulfide) groups is 1. The Bertz CT molecular complexity index is 693. The Morgan fingerprint density at radius 2 is 1.88 bits per heavy atom. The van der Waals surface area contributed by atoms with Gasteiger partial charge in [0.25, 0.3) is 0 Å². The molecule has 1 unspecified atom stereocenters. The highest BCUT2D eigenvalue weighted by Crippen LogP contribution is 2.38. The molecule has 2 nitrogen and oxygen atoms in total. The number of rotatable bonds is 6. The van der Waals surface area contributed by atoms with Crippen molar-refractivity contribution in [2.24, 2.45) is 0 Å². The second-order valence-electron chi connectivity index (χ2n) is 5.31. The van der Waals surface area contributed by atoms with Gasteiger partial charge >= 0.3 is 6.18 Å². The van der Waals surface area contributed by atoms with Crippen molar-refractivity contribution in [3.8, 4) is 5.75 Å². The molecular formula is C18H18F4O2S. The SMILES string of the molecule is COC1=CCC=C(C(CC(F)(F)F)Sc2ccc(OC)c(F)c2)C=C1. The van der Waals surface area contributed by atoms with Gasteiger partial charge in [0, 0.05) is 10.1 Å². The minimum atomic E-state index is -4.33. The topological polar surface area (TPSA) is 18.5 Å². The zero-order valence-corrected chi connectivity index (χ0v) is 14.6. The molecule has 0 saturated carbocycles. The number of hydrogen-bond donors (Lipinski definition) is 0. The first-order valence-electron chi connectivity index (χ1n) is 7.51. The minimum Gasteiger partial charge on any atom is -0.497 e. The number of ether oxygens (including phenoxy) is 2. The summed E-state index contributed by atoms with van der Waals surface area (Å²) < 4.78 is 62.8. The van der Waals surface area contributed by atoms with Crippen LogP contribution in [0.15, 0.2) is 58.7 Å². The molecule has 0 bridgehead atoms. The maximum atomic E-state index is 13.8. The summed E-state index contributed by atoms with van der Waals surface area (Å²) in [7, 11) is 2.84. The molecule has 1 atom stereocenters. The van der Waals surface area contributed by atoms with Crippen molar-refractivity contribution in [1.29, 1.82) is 0 Å². The van der Waals surface area contributed by atoms with E-state index in [1.807, 2.05) is 0 Å². The Kier molecular flexibility index (Phi) is 6.58. The number of halogens is 4. The minimum absolute atomic E-state index is 0.0548. The summed E-state index contributed by atoms with van der Waals surface area (Å²) in [5.74, 6) is 0.0451. The van der Waals surface area contributed by atoms with Gasteiger partial charge in [0.1, 0.15) is 5.76 Å². The highest BCUT2D eigenvalue weighted by molar-refractivity contribution is 8.00. The van der Waals surface area contributed by atoms with Crippen LogP contribution in [0.5, 0.6) is 5.75 Å². The average Bonchev–Trinajstić information content (AvgIpc) is 2.78. The first-order chi connectivity index (χ1) is 11.8. The standard InChI is InChI=1S/C18H18F4O2S/c1-23-13-5-3-4-12(6-7-13)17(11-18(20,21)22)25-14-8-9-16(24-2)15(19)10-14/h4-10,17H,3,11H2,1-2H3. The lowest BCUT2D eigenvalue weighted by Crippen LogP contribution is -2.18. The smallest absolute Gasteiger partial charge is 0.390 e. The zero-order chi connectivity index (χ0) is 18.4. The fourth-order valence-corrected chi connectivity index (χ4v) is 3.57. The lowest BCUT2D eigenvalue weighted by Gasteiger charge is -2.20. The van der Waals surface area contributed by atoms with Crippen LogP contribution in [-0.2, 0) is 4.74 Å². The average molecular weight is 374 g/mol. The molecule has 0 N–H and O–H groups in total. The van der Waals surface area contributed by atoms with Gasteiger partial charge in [0.2, 0.25) is 0 Å². The normalized spacial score (nSPS) is 15.9. The van der Waals surface area contributed by atoms with Gasteiger partial charge in [-0.1, -0.05) is 12.2 Å². The number of methoxy groups -OCH3 is 2. The largest absolute Gasteiger partial charge is 0.497 e. The molecule has 1 aromatic rings. The fraction of sp³-hybridized carbons (Fsp3) is 0.333. The van der Waals surface area contributed by atoms with E-state index in [9.17, 15) is 17.6 Å². The quantitative estimate of drug-likeness (QED) is 0.473. The van der Waals surface area contributed by atoms with E-state index in [0.717, 1.165) is 11.8 Å². The summed E-state index contributed by atoms with van der Waals surface area (Å²) in [6.07, 6.45) is 1.89. The molecule has 1 aliphatic rings. The van der Waals surface area contributed by atoms with Gasteiger partial charge in [-0.2, -0.15) is 13.2 Å². The van der Waals surface area contributed by atoms with Gasteiger partial charge in [0.05, 0.1) is 20.6 Å². The Hall–Kier alpha value is -1.89. The number of allylic oxidation sites excluding steroid dienone is 4. The molecule has 0 heterocycles. The molecule has 0 fully saturated rings. The van der Waals surface area contributed by atoms with E-state index in [2.05, 4.69) is 0 Å². The van der Waals surface area contributed by atoms with Gasteiger partial charge in [-0.05, 0) is 42.3 Å². The van der Waals surface area contributed by atoms with Crippen molar-refractivity contribution < 1.29 is 27.0 Å². The zero-order valence-electron chi connectivity index (χ0n) is 13.8. The van der Waals surface area contributed by atoms with Crippen LogP contribution < -0.4 is 4.74 Å². The van der Waals surface area contributed by atoms with Crippen molar-refractivity contribution in [1.82, 2.24) is 0 Å². The third-order valence-corrected chi connectivity index (χ3v) is 4.79. The molecule has 0 radical (unpaired) electrons. The van der Waals surface area contributed by atoms with Gasteiger partial charge in [-0.3, -0.25) is 0 Å². The molecule has 0 spiro atoms. The van der Waals surface area contributed by atoms with E-state index in [0.29, 0.717) is 22.6 Å². The molecule has 1 aromatic carbocycles. The van der Waals surface area contributed by atoms with Crippen molar-refractivity contribution in [2.75, 3.05) is 14.2 Å². The molecule has 0 aliphatic heterocycles. The van der Waals surface area contributed by atoms with E-state index in [1.54, 1.807) is 30.4 Å². The first-order valence-corrected chi connectivity index (χ1v) is 8.39. The maximum absolute atomic E-state index is 13.8. The van der Waals surface area contributed by atoms with Crippen molar-refractivity contribution >= 4 is 11.8 Å². The Balaban J connectivity index is 2.25. The maximum Gasteiger partial charge on any atom is 0.390 e. The molecule has 2 rings (SSSR count). The predicted octanol–water partition coefficient (Wildman–Crippen LogP) is 5.66. The summed E-state index contributed by atoms with van der Waals surface area (Å²) in [5, 5.41) is -0.881. The number of benzene rings is 1. The molecule has 25 heavy (non-hydrogen) atoms. The third-order valence-electron chi connectivity index (χ3n) is 3.54. The van der Waals surface area contributed by atoms with E-state index in [-0.39, 0.29) is 5.75 Å². The Labute approximate surface area is 148 Å². The Morgan fingerprint density at radius 3 is 2.48 bits per heavy atom. The molecule has 136 valence electrons. The number of alkyl halides is 3. The van der Waals surface area contributed by atoms with Crippen LogP contribution in [0.1, 0.15) is 12.8 Å². The van der Waals surface area contributed by atoms with Crippen LogP contribution in [0.25, 0.3) is 0 Å². The van der Waals surface area contributed by atoms with E-state index in [4.69, 9.17) is 9.47 Å². The molecule has 7 heteroatoms. The fourth-order valence-electron chi connectivity index (χ4n) is 2.34. The van der Waals surface area contributed by atoms with E-state index >= 15 is 0 Å². The molecule has 0 aromatic heterocycles. The monoisotopic (exact) mass is 374 g/mol. The van der Waals surface area contributed by atoms with Gasteiger partial charge in [-0.25, -0.2) is 4.39 Å². The van der Waals surface area contributed by atoms with Crippen LogP contribution in [0.4, 0.5) is 17.6 Å². The highest BCUT2D eigenvalue weighted by Gasteiger charge is 2.33. The number of hydrogen-bond acceptors (Lipinski definition) is 3. The second kappa shape index (κ2) is 8.47. The van der Waals surface area contributed by atoms with Crippen LogP contribution in [0.2, 0.25) is 0 Å². The third kappa shape index (κ3) is 5.85. The predicted molar refractivity (Wildman–Crippen MR) is 90.2 cm³/mol. The van der Waals surface area contributed by atoms with Crippen LogP contribution >= 0.6 is 11.8 Å². The summed E-state index contributed by atoms with van der Waals surface area (Å²) >= 11 is 0.974. The Morgan fingerprint density at radius 1 is 1.12 bits per heavy atom. The second-order valence-corrected chi connectivity index (χ2v) is 6.58. The van der Waals surface area contributed by atoms with Crippen LogP contribution in [0.3, 0.4) is 0 Å². The van der Waals surface area contributed by atoms with Gasteiger partial charge in [0.15, 0.2) is 11.6 Å². The molecule has 0 saturated heterocycles. The van der Waals surface area contributed by atoms with Crippen LogP contribution in [-0.4, -0.2) is 25.6 Å². The summed E-state index contributed by atoms with van der Waals surface area (Å²) in [4.78, 5) is 0.408. The summed E-state index contributed by atoms with van der Waals surface area (Å²) in [5.41, 5.74) is 0.529. The van der Waals surface area contributed by atoms with Gasteiger partial charge in [-0.15, -0.1) is 11.8 Å². The summed E-state index contributed by atoms with van der Waals surface area (Å²) in [6.45, 7) is 0. The first kappa shape index (κ1) is 19.4. The lowest BCUT2D eigenvalue weighted by molar-refractivity contribution is -0.132. The van der Waals surface area contributed by atoms with E-state index in [1.165, 1.54) is 26.4 Å². The molecular weight excluding hydrogens is 356 g/mol. The van der Waals surface area contributed by atoms with E-state index < -0.39 is 23.7 Å². The van der Waals surface area contributed by atoms with Crippen molar-refractivity contribution in [2.45, 2.75) is 29.2 Å². The van der Waals surface area contributed by atoms with Crippen molar-refractivity contribution in [3.63, 3.8) is 0 Å². The summed E-state index contributed by atoms with van der Waals surface area (Å²) in [6, 6.07) is 4.15. The van der Waals surface area contributed by atoms with Crippen LogP contribution in [0, 0.1) is 5.82 Å². The van der Waals surface area contributed by atoms with Crippen molar-refractivity contribution in [3.05, 3.63) is 59.7 Å². The molecule has 0 amide bonds. The lowest BCUT2D eigenvalue weighted by atomic mass is 10.1. The molecule has 1 aliphatic carbocycles. The van der Waals surface area contributed by atoms with Gasteiger partial charge < -0.3 is 9.47 Å².